The fourth-order valence-electron chi connectivity index (χ4n) is 6.81. The first kappa shape index (κ1) is 53.9. The first-order valence-corrected chi connectivity index (χ1v) is 22.6. The van der Waals surface area contributed by atoms with E-state index in [1.54, 1.807) is 0 Å². The lowest BCUT2D eigenvalue weighted by Gasteiger charge is -2.42. The van der Waals surface area contributed by atoms with Gasteiger partial charge >= 0.3 is 11.9 Å². The number of rotatable bonds is 33. The normalized spacial score (nSPS) is 27.9. The van der Waals surface area contributed by atoms with Crippen LogP contribution in [0.15, 0.2) is 36.5 Å². The first-order valence-electron chi connectivity index (χ1n) is 22.6. The van der Waals surface area contributed by atoms with Crippen LogP contribution in [-0.4, -0.2) is 142 Å². The lowest BCUT2D eigenvalue weighted by Crippen LogP contribution is -2.61. The van der Waals surface area contributed by atoms with E-state index in [1.807, 2.05) is 0 Å². The number of carbonyl (C=O) groups is 2. The molecule has 348 valence electrons. The SMILES string of the molecule is CCCCC/C=C/C/C=C/C/C=C/CCCCCCC(=O)O[C@H](COC(=O)CCCCCCCCC)CO[C@H]1O[C@@H](CO[C@H]2O[C@@H](CO)[C@@H](O)C(O)C2O)[C@@H](O)C(O)C1O. The molecule has 0 aromatic carbocycles. The molecule has 0 aromatic rings. The van der Waals surface area contributed by atoms with E-state index in [0.717, 1.165) is 70.6 Å². The van der Waals surface area contributed by atoms with Crippen LogP contribution in [0.5, 0.6) is 0 Å². The maximum atomic E-state index is 12.9. The maximum Gasteiger partial charge on any atom is 0.306 e. The van der Waals surface area contributed by atoms with Crippen molar-refractivity contribution >= 4 is 11.9 Å². The predicted molar refractivity (Wildman–Crippen MR) is 224 cm³/mol. The van der Waals surface area contributed by atoms with Crippen molar-refractivity contribution in [3.05, 3.63) is 36.5 Å². The molecule has 2 rings (SSSR count). The lowest BCUT2D eigenvalue weighted by molar-refractivity contribution is -0.332. The summed E-state index contributed by atoms with van der Waals surface area (Å²) in [6.07, 6.45) is 15.0. The number of aliphatic hydroxyl groups excluding tert-OH is 7. The molecule has 2 saturated heterocycles. The quantitative estimate of drug-likeness (QED) is 0.0272. The summed E-state index contributed by atoms with van der Waals surface area (Å²) in [6, 6.07) is 0. The Morgan fingerprint density at radius 3 is 1.60 bits per heavy atom. The van der Waals surface area contributed by atoms with Crippen LogP contribution in [0, 0.1) is 0 Å². The van der Waals surface area contributed by atoms with Gasteiger partial charge in [-0.05, 0) is 51.4 Å². The number of ether oxygens (including phenoxy) is 6. The summed E-state index contributed by atoms with van der Waals surface area (Å²) in [7, 11) is 0. The molecule has 0 radical (unpaired) electrons. The van der Waals surface area contributed by atoms with Gasteiger partial charge in [-0.3, -0.25) is 9.59 Å². The van der Waals surface area contributed by atoms with Crippen LogP contribution < -0.4 is 0 Å². The van der Waals surface area contributed by atoms with Crippen LogP contribution in [0.3, 0.4) is 0 Å². The Kier molecular flexibility index (Phi) is 29.9. The van der Waals surface area contributed by atoms with E-state index in [2.05, 4.69) is 50.3 Å². The largest absolute Gasteiger partial charge is 0.462 e. The highest BCUT2D eigenvalue weighted by molar-refractivity contribution is 5.70. The van der Waals surface area contributed by atoms with Crippen LogP contribution in [0.1, 0.15) is 142 Å². The van der Waals surface area contributed by atoms with Gasteiger partial charge in [0.05, 0.1) is 19.8 Å². The molecule has 0 bridgehead atoms. The monoisotopic (exact) mass is 859 g/mol. The topological polar surface area (TPSA) is 231 Å². The maximum absolute atomic E-state index is 12.9. The molecule has 2 fully saturated rings. The number of unbranched alkanes of at least 4 members (excludes halogenated alkanes) is 13. The molecular weight excluding hydrogens is 780 g/mol. The molecular formula is C45H78O15. The Morgan fingerprint density at radius 2 is 1.00 bits per heavy atom. The molecule has 11 atom stereocenters. The molecule has 60 heavy (non-hydrogen) atoms. The Bertz CT molecular complexity index is 1200. The smallest absolute Gasteiger partial charge is 0.306 e. The van der Waals surface area contributed by atoms with E-state index in [1.165, 1.54) is 32.1 Å². The van der Waals surface area contributed by atoms with Crippen LogP contribution >= 0.6 is 0 Å². The van der Waals surface area contributed by atoms with Gasteiger partial charge in [-0.1, -0.05) is 115 Å². The predicted octanol–water partition coefficient (Wildman–Crippen LogP) is 4.59. The lowest BCUT2D eigenvalue weighted by atomic mass is 9.98. The van der Waals surface area contributed by atoms with Crippen molar-refractivity contribution in [2.24, 2.45) is 0 Å². The van der Waals surface area contributed by atoms with Crippen LogP contribution in [-0.2, 0) is 38.0 Å². The van der Waals surface area contributed by atoms with Crippen molar-refractivity contribution < 1.29 is 73.8 Å². The van der Waals surface area contributed by atoms with Crippen molar-refractivity contribution in [3.8, 4) is 0 Å². The van der Waals surface area contributed by atoms with Gasteiger partial charge in [0.25, 0.3) is 0 Å². The summed E-state index contributed by atoms with van der Waals surface area (Å²) < 4.78 is 33.3. The molecule has 0 aromatic heterocycles. The van der Waals surface area contributed by atoms with Gasteiger partial charge in [-0.15, -0.1) is 0 Å². The third-order valence-electron chi connectivity index (χ3n) is 10.6. The summed E-state index contributed by atoms with van der Waals surface area (Å²) in [4.78, 5) is 25.5. The molecule has 7 N–H and O–H groups in total. The van der Waals surface area contributed by atoms with E-state index in [0.29, 0.717) is 12.8 Å². The van der Waals surface area contributed by atoms with E-state index < -0.39 is 99.3 Å². The molecule has 0 saturated carbocycles. The second kappa shape index (κ2) is 33.3. The second-order valence-corrected chi connectivity index (χ2v) is 15.9. The van der Waals surface area contributed by atoms with E-state index in [-0.39, 0.29) is 19.4 Å². The minimum absolute atomic E-state index is 0.140. The molecule has 15 nitrogen and oxygen atoms in total. The number of hydrogen-bond acceptors (Lipinski definition) is 15. The fraction of sp³-hybridized carbons (Fsp3) is 0.822. The number of aliphatic hydroxyl groups is 7. The zero-order valence-corrected chi connectivity index (χ0v) is 36.2. The Hall–Kier alpha value is -2.28. The standard InChI is InChI=1S/C45H78O15/c1-3-5-7-9-11-12-13-14-15-16-17-18-19-20-22-24-26-28-37(48)58-33(30-55-36(47)27-25-23-21-10-8-6-4-2)31-56-44-43(54)41(52)39(50)35(60-44)32-57-45-42(53)40(51)38(49)34(29-46)59-45/h11-12,14-15,17-18,33-35,38-46,49-54H,3-10,13,16,19-32H2,1-2H3/b12-11+,15-14+,18-17+/t33-,34+,35+,38-,39-,40?,41?,42?,43?,44+,45+/m1/s1. The summed E-state index contributed by atoms with van der Waals surface area (Å²) in [6.45, 7) is 2.46. The van der Waals surface area contributed by atoms with Gasteiger partial charge in [0, 0.05) is 12.8 Å². The summed E-state index contributed by atoms with van der Waals surface area (Å²) >= 11 is 0. The minimum atomic E-state index is -1.77. The average molecular weight is 859 g/mol. The highest BCUT2D eigenvalue weighted by Gasteiger charge is 2.47. The van der Waals surface area contributed by atoms with Gasteiger partial charge < -0.3 is 64.2 Å². The number of allylic oxidation sites excluding steroid dienone is 6. The molecule has 4 unspecified atom stereocenters. The Balaban J connectivity index is 1.85. The number of esters is 2. The van der Waals surface area contributed by atoms with Crippen molar-refractivity contribution in [2.75, 3.05) is 26.4 Å². The Labute approximate surface area is 357 Å². The van der Waals surface area contributed by atoms with E-state index in [4.69, 9.17) is 28.4 Å². The third-order valence-corrected chi connectivity index (χ3v) is 10.6. The average Bonchev–Trinajstić information content (AvgIpc) is 3.24. The van der Waals surface area contributed by atoms with Gasteiger partial charge in [-0.2, -0.15) is 0 Å². The fourth-order valence-corrected chi connectivity index (χ4v) is 6.81. The van der Waals surface area contributed by atoms with Gasteiger partial charge in [0.2, 0.25) is 0 Å². The molecule has 0 spiro atoms. The van der Waals surface area contributed by atoms with Crippen molar-refractivity contribution in [1.29, 1.82) is 0 Å². The van der Waals surface area contributed by atoms with Gasteiger partial charge in [0.1, 0.15) is 55.4 Å². The van der Waals surface area contributed by atoms with E-state index in [9.17, 15) is 45.3 Å². The zero-order valence-electron chi connectivity index (χ0n) is 36.2. The number of carbonyl (C=O) groups excluding carboxylic acids is 2. The molecule has 2 aliphatic heterocycles. The highest BCUT2D eigenvalue weighted by Crippen LogP contribution is 2.26. The van der Waals surface area contributed by atoms with Crippen LogP contribution in [0.25, 0.3) is 0 Å². The minimum Gasteiger partial charge on any atom is -0.462 e. The zero-order chi connectivity index (χ0) is 44.0. The van der Waals surface area contributed by atoms with Crippen molar-refractivity contribution in [2.45, 2.75) is 210 Å². The molecule has 0 amide bonds. The highest BCUT2D eigenvalue weighted by atomic mass is 16.7. The van der Waals surface area contributed by atoms with Crippen molar-refractivity contribution in [3.63, 3.8) is 0 Å². The van der Waals surface area contributed by atoms with Crippen LogP contribution in [0.4, 0.5) is 0 Å². The summed E-state index contributed by atoms with van der Waals surface area (Å²) in [5, 5.41) is 71.7. The first-order chi connectivity index (χ1) is 29.0. The van der Waals surface area contributed by atoms with Crippen molar-refractivity contribution in [1.82, 2.24) is 0 Å². The Morgan fingerprint density at radius 1 is 0.533 bits per heavy atom. The second-order valence-electron chi connectivity index (χ2n) is 15.9. The third kappa shape index (κ3) is 22.2. The summed E-state index contributed by atoms with van der Waals surface area (Å²) in [5.41, 5.74) is 0. The molecule has 2 heterocycles. The summed E-state index contributed by atoms with van der Waals surface area (Å²) in [5.74, 6) is -0.960. The number of hydrogen-bond donors (Lipinski definition) is 7. The molecule has 2 aliphatic rings. The molecule has 15 heteroatoms. The van der Waals surface area contributed by atoms with Crippen LogP contribution in [0.2, 0.25) is 0 Å². The van der Waals surface area contributed by atoms with Gasteiger partial charge in [0.15, 0.2) is 18.7 Å². The van der Waals surface area contributed by atoms with Gasteiger partial charge in [-0.25, -0.2) is 0 Å². The van der Waals surface area contributed by atoms with E-state index >= 15 is 0 Å². The molecule has 0 aliphatic carbocycles.